The average molecular weight is 639 g/mol. The van der Waals surface area contributed by atoms with E-state index in [0.29, 0.717) is 68.0 Å². The molecule has 1 atom stereocenters. The van der Waals surface area contributed by atoms with Gasteiger partial charge in [-0.3, -0.25) is 14.5 Å². The Labute approximate surface area is 261 Å². The summed E-state index contributed by atoms with van der Waals surface area (Å²) >= 11 is 8.62. The summed E-state index contributed by atoms with van der Waals surface area (Å²) in [6.07, 6.45) is 1.60. The van der Waals surface area contributed by atoms with Crippen LogP contribution in [0.5, 0.6) is 17.2 Å². The summed E-state index contributed by atoms with van der Waals surface area (Å²) < 4.78 is 16.4. The molecule has 0 bridgehead atoms. The van der Waals surface area contributed by atoms with Crippen LogP contribution in [0.4, 0.5) is 10.8 Å². The van der Waals surface area contributed by atoms with Gasteiger partial charge in [0.2, 0.25) is 11.0 Å². The Morgan fingerprint density at radius 1 is 1.19 bits per heavy atom. The molecule has 0 fully saturated rings. The number of hydrogen-bond donors (Lipinski definition) is 2. The molecular weight excluding hydrogens is 612 g/mol. The number of nitriles is 1. The number of carbonyl (C=O) groups is 2. The van der Waals surface area contributed by atoms with Crippen LogP contribution in [-0.2, 0) is 9.59 Å². The monoisotopic (exact) mass is 638 g/mol. The standard InChI is InChI=1S/C29H27ClN6O5S2/c1-39-16-7-4-6-15(10-16)25-17(13-31)27(32)36(20-8-5-9-21(37)26(20)25)28-34-35-29(43-28)42-14-24(38)33-19-11-18(30)22(40-2)12-23(19)41-3/h4,6-7,10-12,25H,5,8-9,14,32H2,1-3H3,(H,33,38). The second-order valence-electron chi connectivity index (χ2n) is 9.47. The molecule has 0 saturated carbocycles. The predicted octanol–water partition coefficient (Wildman–Crippen LogP) is 5.25. The van der Waals surface area contributed by atoms with Crippen molar-refractivity contribution in [2.75, 3.05) is 37.3 Å². The largest absolute Gasteiger partial charge is 0.497 e. The Hall–Kier alpha value is -4.25. The molecule has 1 amide bonds. The summed E-state index contributed by atoms with van der Waals surface area (Å²) in [5.74, 6) is 0.692. The molecule has 1 aromatic heterocycles. The van der Waals surface area contributed by atoms with Crippen molar-refractivity contribution in [1.82, 2.24) is 10.2 Å². The van der Waals surface area contributed by atoms with Crippen molar-refractivity contribution in [2.45, 2.75) is 29.5 Å². The molecule has 43 heavy (non-hydrogen) atoms. The van der Waals surface area contributed by atoms with Gasteiger partial charge in [0.05, 0.1) is 55.4 Å². The highest BCUT2D eigenvalue weighted by Gasteiger charge is 2.41. The van der Waals surface area contributed by atoms with E-state index in [1.165, 1.54) is 37.3 Å². The van der Waals surface area contributed by atoms with Crippen molar-refractivity contribution in [2.24, 2.45) is 5.73 Å². The maximum atomic E-state index is 13.4. The number of halogens is 1. The minimum atomic E-state index is -0.618. The lowest BCUT2D eigenvalue weighted by Gasteiger charge is -2.38. The van der Waals surface area contributed by atoms with Crippen LogP contribution in [-0.4, -0.2) is 49.0 Å². The number of carbonyl (C=O) groups excluding carboxylic acids is 2. The number of hydrogen-bond acceptors (Lipinski definition) is 12. The number of ether oxygens (including phenoxy) is 3. The lowest BCUT2D eigenvalue weighted by Crippen LogP contribution is -2.38. The molecule has 1 aliphatic carbocycles. The van der Waals surface area contributed by atoms with Crippen LogP contribution in [0, 0.1) is 11.3 Å². The number of benzene rings is 2. The summed E-state index contributed by atoms with van der Waals surface area (Å²) in [4.78, 5) is 27.8. The molecule has 11 nitrogen and oxygen atoms in total. The van der Waals surface area contributed by atoms with Crippen molar-refractivity contribution in [1.29, 1.82) is 5.26 Å². The number of amides is 1. The lowest BCUT2D eigenvalue weighted by molar-refractivity contribution is -0.116. The van der Waals surface area contributed by atoms with Gasteiger partial charge in [-0.15, -0.1) is 10.2 Å². The Balaban J connectivity index is 1.39. The van der Waals surface area contributed by atoms with Gasteiger partial charge in [0.1, 0.15) is 23.1 Å². The molecule has 0 spiro atoms. The van der Waals surface area contributed by atoms with Crippen molar-refractivity contribution in [3.8, 4) is 23.3 Å². The number of ketones is 1. The van der Waals surface area contributed by atoms with Crippen LogP contribution < -0.4 is 30.2 Å². The van der Waals surface area contributed by atoms with Gasteiger partial charge in [0, 0.05) is 23.8 Å². The van der Waals surface area contributed by atoms with E-state index in [0.717, 1.165) is 5.56 Å². The predicted molar refractivity (Wildman–Crippen MR) is 165 cm³/mol. The first-order valence-electron chi connectivity index (χ1n) is 13.1. The topological polar surface area (TPSA) is 153 Å². The summed E-state index contributed by atoms with van der Waals surface area (Å²) in [6, 6.07) is 12.7. The van der Waals surface area contributed by atoms with Crippen molar-refractivity contribution in [3.63, 3.8) is 0 Å². The van der Waals surface area contributed by atoms with Gasteiger partial charge in [-0.1, -0.05) is 46.8 Å². The molecule has 5 rings (SSSR count). The highest BCUT2D eigenvalue weighted by atomic mass is 35.5. The molecule has 2 aliphatic rings. The molecule has 2 heterocycles. The highest BCUT2D eigenvalue weighted by molar-refractivity contribution is 8.01. The van der Waals surface area contributed by atoms with Crippen LogP contribution in [0.3, 0.4) is 0 Å². The molecule has 3 aromatic rings. The van der Waals surface area contributed by atoms with Gasteiger partial charge in [0.15, 0.2) is 10.1 Å². The maximum Gasteiger partial charge on any atom is 0.234 e. The van der Waals surface area contributed by atoms with Crippen molar-refractivity contribution in [3.05, 3.63) is 69.6 Å². The van der Waals surface area contributed by atoms with E-state index >= 15 is 0 Å². The van der Waals surface area contributed by atoms with E-state index in [-0.39, 0.29) is 28.8 Å². The van der Waals surface area contributed by atoms with Crippen molar-refractivity contribution < 1.29 is 23.8 Å². The Kier molecular flexibility index (Phi) is 9.10. The molecule has 222 valence electrons. The number of anilines is 2. The van der Waals surface area contributed by atoms with Crippen LogP contribution in [0.1, 0.15) is 30.7 Å². The van der Waals surface area contributed by atoms with E-state index < -0.39 is 5.92 Å². The number of nitrogens with zero attached hydrogens (tertiary/aromatic N) is 4. The normalized spacial score (nSPS) is 16.5. The van der Waals surface area contributed by atoms with Gasteiger partial charge < -0.3 is 25.3 Å². The number of nitrogens with two attached hydrogens (primary N) is 1. The van der Waals surface area contributed by atoms with E-state index in [1.807, 2.05) is 18.2 Å². The number of aromatic nitrogens is 2. The first-order chi connectivity index (χ1) is 20.8. The molecule has 1 aliphatic heterocycles. The fourth-order valence-corrected chi connectivity index (χ4v) is 7.00. The third-order valence-corrected chi connectivity index (χ3v) is 9.34. The smallest absolute Gasteiger partial charge is 0.234 e. The molecule has 14 heteroatoms. The first-order valence-corrected chi connectivity index (χ1v) is 15.2. The summed E-state index contributed by atoms with van der Waals surface area (Å²) in [5.41, 5.74) is 9.27. The molecule has 0 radical (unpaired) electrons. The van der Waals surface area contributed by atoms with Crippen LogP contribution >= 0.6 is 34.7 Å². The fourth-order valence-electron chi connectivity index (χ4n) is 5.08. The minimum absolute atomic E-state index is 0.0283. The molecular formula is C29H27ClN6O5S2. The molecule has 0 saturated heterocycles. The second kappa shape index (κ2) is 12.9. The number of thioether (sulfide) groups is 1. The number of methoxy groups -OCH3 is 3. The van der Waals surface area contributed by atoms with E-state index in [2.05, 4.69) is 21.6 Å². The van der Waals surface area contributed by atoms with Crippen LogP contribution in [0.2, 0.25) is 5.02 Å². The maximum absolute atomic E-state index is 13.4. The number of nitrogens with one attached hydrogen (secondary N) is 1. The molecule has 3 N–H and O–H groups in total. The lowest BCUT2D eigenvalue weighted by atomic mass is 9.76. The summed E-state index contributed by atoms with van der Waals surface area (Å²) in [7, 11) is 4.53. The van der Waals surface area contributed by atoms with E-state index in [9.17, 15) is 14.9 Å². The SMILES string of the molecule is COc1cccc(C2C(C#N)=C(N)N(c3nnc(SCC(=O)Nc4cc(Cl)c(OC)cc4OC)s3)C3=C2C(=O)CCC3)c1. The van der Waals surface area contributed by atoms with Gasteiger partial charge >= 0.3 is 0 Å². The minimum Gasteiger partial charge on any atom is -0.497 e. The quantitative estimate of drug-likeness (QED) is 0.295. The summed E-state index contributed by atoms with van der Waals surface area (Å²) in [6.45, 7) is 0. The second-order valence-corrected chi connectivity index (χ2v) is 12.1. The number of allylic oxidation sites excluding steroid dienone is 3. The summed E-state index contributed by atoms with van der Waals surface area (Å²) in [5, 5.41) is 22.3. The first kappa shape index (κ1) is 30.2. The average Bonchev–Trinajstić information content (AvgIpc) is 3.48. The third kappa shape index (κ3) is 5.99. The van der Waals surface area contributed by atoms with E-state index in [4.69, 9.17) is 31.5 Å². The Bertz CT molecular complexity index is 1700. The van der Waals surface area contributed by atoms with Gasteiger partial charge in [0.25, 0.3) is 0 Å². The Morgan fingerprint density at radius 2 is 1.98 bits per heavy atom. The Morgan fingerprint density at radius 3 is 2.70 bits per heavy atom. The van der Waals surface area contributed by atoms with Gasteiger partial charge in [-0.2, -0.15) is 5.26 Å². The van der Waals surface area contributed by atoms with Gasteiger partial charge in [-0.05, 0) is 36.6 Å². The number of Topliss-reactive ketones (excluding diaryl/α,β-unsaturated/α-hetero) is 1. The fraction of sp³-hybridized carbons (Fsp3) is 0.276. The number of rotatable bonds is 9. The van der Waals surface area contributed by atoms with Crippen molar-refractivity contribution >= 4 is 57.2 Å². The van der Waals surface area contributed by atoms with E-state index in [1.54, 1.807) is 30.2 Å². The molecule has 2 aromatic carbocycles. The van der Waals surface area contributed by atoms with Crippen LogP contribution in [0.15, 0.2) is 63.4 Å². The van der Waals surface area contributed by atoms with Gasteiger partial charge in [-0.25, -0.2) is 0 Å². The molecule has 1 unspecified atom stereocenters. The van der Waals surface area contributed by atoms with Crippen LogP contribution in [0.25, 0.3) is 0 Å². The zero-order valence-electron chi connectivity index (χ0n) is 23.5. The highest BCUT2D eigenvalue weighted by Crippen LogP contribution is 2.47. The zero-order valence-corrected chi connectivity index (χ0v) is 25.9. The third-order valence-electron chi connectivity index (χ3n) is 7.00. The zero-order chi connectivity index (χ0) is 30.7.